The van der Waals surface area contributed by atoms with Crippen LogP contribution in [0.1, 0.15) is 36.3 Å². The first-order valence-electron chi connectivity index (χ1n) is 6.92. The van der Waals surface area contributed by atoms with Crippen molar-refractivity contribution in [3.05, 3.63) is 47.7 Å². The molecule has 1 atom stereocenters. The number of hydrogen-bond acceptors (Lipinski definition) is 5. The molecule has 2 heterocycles. The number of nitrogens with two attached hydrogens (primary N) is 1. The van der Waals surface area contributed by atoms with Crippen molar-refractivity contribution in [3.63, 3.8) is 0 Å². The maximum Gasteiger partial charge on any atom is 0.145 e. The molecule has 0 aliphatic heterocycles. The van der Waals surface area contributed by atoms with Gasteiger partial charge in [-0.15, -0.1) is 0 Å². The van der Waals surface area contributed by atoms with Crippen molar-refractivity contribution < 1.29 is 0 Å². The van der Waals surface area contributed by atoms with Crippen molar-refractivity contribution in [1.29, 1.82) is 0 Å². The minimum absolute atomic E-state index is 0.0575. The van der Waals surface area contributed by atoms with Crippen LogP contribution >= 0.6 is 0 Å². The van der Waals surface area contributed by atoms with E-state index in [4.69, 9.17) is 5.73 Å². The molecular weight excluding hydrogens is 250 g/mol. The van der Waals surface area contributed by atoms with Crippen molar-refractivity contribution in [1.82, 2.24) is 20.3 Å². The second-order valence-electron chi connectivity index (χ2n) is 4.88. The van der Waals surface area contributed by atoms with Crippen molar-refractivity contribution in [3.8, 4) is 0 Å². The van der Waals surface area contributed by atoms with Crippen LogP contribution in [0.3, 0.4) is 0 Å². The van der Waals surface area contributed by atoms with Gasteiger partial charge in [0.05, 0.1) is 6.04 Å². The van der Waals surface area contributed by atoms with E-state index in [1.165, 1.54) is 0 Å². The van der Waals surface area contributed by atoms with Gasteiger partial charge < -0.3 is 11.1 Å². The Morgan fingerprint density at radius 3 is 2.65 bits per heavy atom. The maximum atomic E-state index is 5.92. The standard InChI is InChI=1S/C15H21N5/c1-3-6-17-13(15-19-9-11(2)10-20-15)8-12-5-4-7-18-14(12)16/h4-5,7,9-10,13,17H,3,6,8H2,1-2H3,(H2,16,18). The first-order valence-corrected chi connectivity index (χ1v) is 6.92. The number of anilines is 1. The highest BCUT2D eigenvalue weighted by Crippen LogP contribution is 2.18. The summed E-state index contributed by atoms with van der Waals surface area (Å²) >= 11 is 0. The van der Waals surface area contributed by atoms with Crippen LogP contribution < -0.4 is 11.1 Å². The molecule has 0 fully saturated rings. The van der Waals surface area contributed by atoms with Gasteiger partial charge >= 0.3 is 0 Å². The zero-order valence-electron chi connectivity index (χ0n) is 12.0. The lowest BCUT2D eigenvalue weighted by molar-refractivity contribution is 0.504. The number of hydrogen-bond donors (Lipinski definition) is 2. The normalized spacial score (nSPS) is 12.3. The second-order valence-corrected chi connectivity index (χ2v) is 4.88. The minimum atomic E-state index is 0.0575. The summed E-state index contributed by atoms with van der Waals surface area (Å²) in [5.74, 6) is 1.37. The van der Waals surface area contributed by atoms with E-state index in [1.54, 1.807) is 6.20 Å². The van der Waals surface area contributed by atoms with Crippen LogP contribution in [0.25, 0.3) is 0 Å². The molecule has 0 amide bonds. The predicted octanol–water partition coefficient (Wildman–Crippen LogP) is 2.05. The first-order chi connectivity index (χ1) is 9.70. The molecular formula is C15H21N5. The Morgan fingerprint density at radius 2 is 2.00 bits per heavy atom. The van der Waals surface area contributed by atoms with Gasteiger partial charge in [-0.05, 0) is 43.5 Å². The van der Waals surface area contributed by atoms with Gasteiger partial charge in [-0.1, -0.05) is 13.0 Å². The van der Waals surface area contributed by atoms with Gasteiger partial charge in [-0.3, -0.25) is 0 Å². The average Bonchev–Trinajstić information content (AvgIpc) is 2.46. The van der Waals surface area contributed by atoms with Gasteiger partial charge in [0.1, 0.15) is 11.6 Å². The van der Waals surface area contributed by atoms with E-state index in [0.29, 0.717) is 5.82 Å². The number of rotatable bonds is 6. The topological polar surface area (TPSA) is 76.7 Å². The molecule has 20 heavy (non-hydrogen) atoms. The molecule has 5 nitrogen and oxygen atoms in total. The Kier molecular flexibility index (Phi) is 5.01. The number of pyridine rings is 1. The van der Waals surface area contributed by atoms with Crippen LogP contribution in [0, 0.1) is 6.92 Å². The smallest absolute Gasteiger partial charge is 0.145 e. The summed E-state index contributed by atoms with van der Waals surface area (Å²) in [6.45, 7) is 5.04. The van der Waals surface area contributed by atoms with Crippen LogP contribution in [0.15, 0.2) is 30.7 Å². The Hall–Kier alpha value is -2.01. The second kappa shape index (κ2) is 6.96. The van der Waals surface area contributed by atoms with Crippen LogP contribution in [-0.2, 0) is 6.42 Å². The van der Waals surface area contributed by atoms with Gasteiger partial charge in [0, 0.05) is 18.6 Å². The zero-order chi connectivity index (χ0) is 14.4. The molecule has 106 valence electrons. The summed E-state index contributed by atoms with van der Waals surface area (Å²) < 4.78 is 0. The van der Waals surface area contributed by atoms with E-state index >= 15 is 0 Å². The van der Waals surface area contributed by atoms with Crippen molar-refractivity contribution in [2.24, 2.45) is 0 Å². The Bertz CT molecular complexity index is 538. The van der Waals surface area contributed by atoms with Crippen LogP contribution in [-0.4, -0.2) is 21.5 Å². The van der Waals surface area contributed by atoms with Gasteiger partial charge in [0.25, 0.3) is 0 Å². The fourth-order valence-electron chi connectivity index (χ4n) is 2.00. The Morgan fingerprint density at radius 1 is 1.25 bits per heavy atom. The van der Waals surface area contributed by atoms with Crippen LogP contribution in [0.4, 0.5) is 5.82 Å². The molecule has 2 aromatic rings. The van der Waals surface area contributed by atoms with E-state index in [1.807, 2.05) is 31.5 Å². The summed E-state index contributed by atoms with van der Waals surface area (Å²) in [6, 6.07) is 3.96. The van der Waals surface area contributed by atoms with Gasteiger partial charge in [0.2, 0.25) is 0 Å². The van der Waals surface area contributed by atoms with E-state index in [9.17, 15) is 0 Å². The molecule has 2 aromatic heterocycles. The molecule has 0 aliphatic rings. The summed E-state index contributed by atoms with van der Waals surface area (Å²) in [5, 5.41) is 3.47. The largest absolute Gasteiger partial charge is 0.383 e. The summed E-state index contributed by atoms with van der Waals surface area (Å²) in [4.78, 5) is 13.0. The number of nitrogens with one attached hydrogen (secondary N) is 1. The molecule has 0 saturated heterocycles. The minimum Gasteiger partial charge on any atom is -0.383 e. The quantitative estimate of drug-likeness (QED) is 0.841. The van der Waals surface area contributed by atoms with E-state index in [-0.39, 0.29) is 6.04 Å². The molecule has 3 N–H and O–H groups in total. The summed E-state index contributed by atoms with van der Waals surface area (Å²) in [6.07, 6.45) is 7.19. The molecule has 1 unspecified atom stereocenters. The number of nitrogens with zero attached hydrogens (tertiary/aromatic N) is 3. The fourth-order valence-corrected chi connectivity index (χ4v) is 2.00. The lowest BCUT2D eigenvalue weighted by atomic mass is 10.1. The Balaban J connectivity index is 2.19. The molecule has 0 radical (unpaired) electrons. The van der Waals surface area contributed by atoms with Gasteiger partial charge in [-0.2, -0.15) is 0 Å². The maximum absolute atomic E-state index is 5.92. The van der Waals surface area contributed by atoms with E-state index in [2.05, 4.69) is 27.2 Å². The lowest BCUT2D eigenvalue weighted by Gasteiger charge is -2.18. The Labute approximate surface area is 119 Å². The predicted molar refractivity (Wildman–Crippen MR) is 80.2 cm³/mol. The van der Waals surface area contributed by atoms with Crippen LogP contribution in [0.2, 0.25) is 0 Å². The van der Waals surface area contributed by atoms with Crippen molar-refractivity contribution in [2.45, 2.75) is 32.7 Å². The molecule has 0 aromatic carbocycles. The third-order valence-electron chi connectivity index (χ3n) is 3.10. The molecule has 0 aliphatic carbocycles. The molecule has 0 spiro atoms. The summed E-state index contributed by atoms with van der Waals surface area (Å²) in [5.41, 5.74) is 8.00. The molecule has 0 saturated carbocycles. The lowest BCUT2D eigenvalue weighted by Crippen LogP contribution is -2.26. The van der Waals surface area contributed by atoms with E-state index < -0.39 is 0 Å². The van der Waals surface area contributed by atoms with Gasteiger partial charge in [0.15, 0.2) is 0 Å². The highest BCUT2D eigenvalue weighted by Gasteiger charge is 2.15. The molecule has 2 rings (SSSR count). The number of aryl methyl sites for hydroxylation is 1. The summed E-state index contributed by atoms with van der Waals surface area (Å²) in [7, 11) is 0. The average molecular weight is 271 g/mol. The SMILES string of the molecule is CCCNC(Cc1cccnc1N)c1ncc(C)cn1. The fraction of sp³-hybridized carbons (Fsp3) is 0.400. The van der Waals surface area contributed by atoms with Gasteiger partial charge in [-0.25, -0.2) is 15.0 Å². The third kappa shape index (κ3) is 3.74. The van der Waals surface area contributed by atoms with Crippen molar-refractivity contribution >= 4 is 5.82 Å². The monoisotopic (exact) mass is 271 g/mol. The van der Waals surface area contributed by atoms with Crippen LogP contribution in [0.5, 0.6) is 0 Å². The molecule has 5 heteroatoms. The highest BCUT2D eigenvalue weighted by molar-refractivity contribution is 5.39. The van der Waals surface area contributed by atoms with E-state index in [0.717, 1.165) is 36.3 Å². The number of nitrogen functional groups attached to an aromatic ring is 1. The highest BCUT2D eigenvalue weighted by atomic mass is 15.0. The third-order valence-corrected chi connectivity index (χ3v) is 3.10. The zero-order valence-corrected chi connectivity index (χ0v) is 12.0. The molecule has 0 bridgehead atoms. The van der Waals surface area contributed by atoms with Crippen molar-refractivity contribution in [2.75, 3.05) is 12.3 Å². The first kappa shape index (κ1) is 14.4. The number of aromatic nitrogens is 3.